The highest BCUT2D eigenvalue weighted by Crippen LogP contribution is 2.19. The van der Waals surface area contributed by atoms with Gasteiger partial charge in [-0.3, -0.25) is 4.79 Å². The lowest BCUT2D eigenvalue weighted by Gasteiger charge is -2.28. The molecule has 1 atom stereocenters. The smallest absolute Gasteiger partial charge is 0.221 e. The maximum Gasteiger partial charge on any atom is 0.221 e. The van der Waals surface area contributed by atoms with E-state index in [1.807, 2.05) is 0 Å². The zero-order valence-corrected chi connectivity index (χ0v) is 10.6. The molecule has 1 heterocycles. The summed E-state index contributed by atoms with van der Waals surface area (Å²) in [4.78, 5) is 11.7. The molecule has 1 aliphatic rings. The molecular weight excluding hydrogens is 204 g/mol. The largest absolute Gasteiger partial charge is 0.381 e. The molecular formula is C12H24N2O2. The second-order valence-electron chi connectivity index (χ2n) is 5.63. The molecule has 0 aromatic heterocycles. The Balaban J connectivity index is 2.29. The van der Waals surface area contributed by atoms with Gasteiger partial charge in [-0.1, -0.05) is 20.8 Å². The van der Waals surface area contributed by atoms with E-state index in [2.05, 4.69) is 26.1 Å². The van der Waals surface area contributed by atoms with Crippen molar-refractivity contribution < 1.29 is 9.53 Å². The first-order valence-corrected chi connectivity index (χ1v) is 6.02. The molecule has 1 unspecified atom stereocenters. The number of ether oxygens (including phenoxy) is 1. The number of hydrogen-bond donors (Lipinski definition) is 2. The van der Waals surface area contributed by atoms with Crippen molar-refractivity contribution in [2.75, 3.05) is 13.2 Å². The maximum absolute atomic E-state index is 11.7. The number of carbonyl (C=O) groups is 1. The molecule has 0 saturated carbocycles. The molecule has 0 spiro atoms. The van der Waals surface area contributed by atoms with Gasteiger partial charge >= 0.3 is 0 Å². The van der Waals surface area contributed by atoms with Gasteiger partial charge in [0.1, 0.15) is 0 Å². The van der Waals surface area contributed by atoms with E-state index in [1.54, 1.807) is 0 Å². The van der Waals surface area contributed by atoms with Crippen molar-refractivity contribution in [1.82, 2.24) is 5.32 Å². The summed E-state index contributed by atoms with van der Waals surface area (Å²) in [5, 5.41) is 3.02. The number of nitrogens with one attached hydrogen (secondary N) is 1. The minimum absolute atomic E-state index is 0.0208. The van der Waals surface area contributed by atoms with Crippen molar-refractivity contribution in [1.29, 1.82) is 0 Å². The highest BCUT2D eigenvalue weighted by molar-refractivity contribution is 5.77. The van der Waals surface area contributed by atoms with Gasteiger partial charge in [0.25, 0.3) is 0 Å². The van der Waals surface area contributed by atoms with Crippen LogP contribution in [0.25, 0.3) is 0 Å². The first-order chi connectivity index (χ1) is 7.39. The fourth-order valence-corrected chi connectivity index (χ4v) is 1.63. The topological polar surface area (TPSA) is 64.4 Å². The van der Waals surface area contributed by atoms with Gasteiger partial charge in [0.15, 0.2) is 0 Å². The predicted molar refractivity (Wildman–Crippen MR) is 64.0 cm³/mol. The van der Waals surface area contributed by atoms with Crippen LogP contribution in [0, 0.1) is 5.41 Å². The van der Waals surface area contributed by atoms with Crippen LogP contribution < -0.4 is 11.1 Å². The molecule has 16 heavy (non-hydrogen) atoms. The van der Waals surface area contributed by atoms with Crippen molar-refractivity contribution in [3.05, 3.63) is 0 Å². The molecule has 3 N–H and O–H groups in total. The van der Waals surface area contributed by atoms with Crippen LogP contribution in [-0.2, 0) is 9.53 Å². The fraction of sp³-hybridized carbons (Fsp3) is 0.917. The van der Waals surface area contributed by atoms with Crippen molar-refractivity contribution in [2.24, 2.45) is 11.1 Å². The summed E-state index contributed by atoms with van der Waals surface area (Å²) in [7, 11) is 0. The van der Waals surface area contributed by atoms with E-state index in [1.165, 1.54) is 0 Å². The van der Waals surface area contributed by atoms with Gasteiger partial charge < -0.3 is 15.8 Å². The number of rotatable bonds is 3. The first kappa shape index (κ1) is 13.5. The summed E-state index contributed by atoms with van der Waals surface area (Å²) in [5.74, 6) is 0.0642. The minimum atomic E-state index is -0.0904. The number of hydrogen-bond acceptors (Lipinski definition) is 3. The Morgan fingerprint density at radius 1 is 1.44 bits per heavy atom. The van der Waals surface area contributed by atoms with Gasteiger partial charge in [-0.2, -0.15) is 0 Å². The van der Waals surface area contributed by atoms with Crippen molar-refractivity contribution >= 4 is 5.91 Å². The van der Waals surface area contributed by atoms with E-state index in [4.69, 9.17) is 10.5 Å². The lowest BCUT2D eigenvalue weighted by Crippen LogP contribution is -2.44. The summed E-state index contributed by atoms with van der Waals surface area (Å²) in [5.41, 5.74) is 5.95. The van der Waals surface area contributed by atoms with Gasteiger partial charge in [-0.05, 0) is 18.3 Å². The monoisotopic (exact) mass is 228 g/mol. The standard InChI is InChI=1S/C12H24N2O2/c1-12(2,3)10(13)8-11(15)14-9-4-6-16-7-5-9/h9-10H,4-8,13H2,1-3H3,(H,14,15). The third-order valence-corrected chi connectivity index (χ3v) is 3.10. The van der Waals surface area contributed by atoms with Crippen LogP contribution in [0.4, 0.5) is 0 Å². The SMILES string of the molecule is CC(C)(C)C(N)CC(=O)NC1CCOCC1. The molecule has 1 aliphatic heterocycles. The van der Waals surface area contributed by atoms with Crippen molar-refractivity contribution in [3.63, 3.8) is 0 Å². The van der Waals surface area contributed by atoms with Crippen LogP contribution in [0.15, 0.2) is 0 Å². The van der Waals surface area contributed by atoms with Crippen LogP contribution in [0.1, 0.15) is 40.0 Å². The summed E-state index contributed by atoms with van der Waals surface area (Å²) < 4.78 is 5.24. The summed E-state index contributed by atoms with van der Waals surface area (Å²) >= 11 is 0. The zero-order valence-electron chi connectivity index (χ0n) is 10.6. The van der Waals surface area contributed by atoms with E-state index in [9.17, 15) is 4.79 Å². The Kier molecular flexibility index (Phi) is 4.74. The Morgan fingerprint density at radius 3 is 2.50 bits per heavy atom. The molecule has 0 bridgehead atoms. The van der Waals surface area contributed by atoms with E-state index in [0.29, 0.717) is 6.42 Å². The van der Waals surface area contributed by atoms with Gasteiger partial charge in [-0.15, -0.1) is 0 Å². The molecule has 1 rings (SSSR count). The molecule has 1 fully saturated rings. The summed E-state index contributed by atoms with van der Waals surface area (Å²) in [6, 6.07) is 0.181. The highest BCUT2D eigenvalue weighted by Gasteiger charge is 2.24. The minimum Gasteiger partial charge on any atom is -0.381 e. The van der Waals surface area contributed by atoms with Crippen molar-refractivity contribution in [2.45, 2.75) is 52.1 Å². The zero-order chi connectivity index (χ0) is 12.2. The molecule has 0 aromatic carbocycles. The Bertz CT molecular complexity index is 230. The van der Waals surface area contributed by atoms with Gasteiger partial charge in [0.2, 0.25) is 5.91 Å². The maximum atomic E-state index is 11.7. The van der Waals surface area contributed by atoms with Crippen molar-refractivity contribution in [3.8, 4) is 0 Å². The van der Waals surface area contributed by atoms with E-state index >= 15 is 0 Å². The second kappa shape index (κ2) is 5.64. The molecule has 0 aromatic rings. The third-order valence-electron chi connectivity index (χ3n) is 3.10. The predicted octanol–water partition coefficient (Wildman–Crippen LogP) is 1.05. The average molecular weight is 228 g/mol. The molecule has 1 saturated heterocycles. The summed E-state index contributed by atoms with van der Waals surface area (Å²) in [6.07, 6.45) is 2.23. The van der Waals surface area contributed by atoms with Crippen LogP contribution in [0.2, 0.25) is 0 Å². The summed E-state index contributed by atoms with van der Waals surface area (Å²) in [6.45, 7) is 7.66. The average Bonchev–Trinajstić information content (AvgIpc) is 2.17. The van der Waals surface area contributed by atoms with Gasteiger partial charge in [-0.25, -0.2) is 0 Å². The van der Waals surface area contributed by atoms with Crippen LogP contribution in [0.5, 0.6) is 0 Å². The first-order valence-electron chi connectivity index (χ1n) is 6.02. The number of carbonyl (C=O) groups excluding carboxylic acids is 1. The molecule has 0 radical (unpaired) electrons. The van der Waals surface area contributed by atoms with Crippen LogP contribution >= 0.6 is 0 Å². The normalized spacial score (nSPS) is 20.5. The van der Waals surface area contributed by atoms with E-state index in [0.717, 1.165) is 26.1 Å². The number of nitrogens with two attached hydrogens (primary N) is 1. The Labute approximate surface area is 97.9 Å². The Morgan fingerprint density at radius 2 is 2.00 bits per heavy atom. The van der Waals surface area contributed by atoms with Gasteiger partial charge in [0.05, 0.1) is 0 Å². The second-order valence-corrected chi connectivity index (χ2v) is 5.63. The number of amides is 1. The highest BCUT2D eigenvalue weighted by atomic mass is 16.5. The quantitative estimate of drug-likeness (QED) is 0.758. The molecule has 4 heteroatoms. The third kappa shape index (κ3) is 4.49. The Hall–Kier alpha value is -0.610. The van der Waals surface area contributed by atoms with E-state index in [-0.39, 0.29) is 23.4 Å². The molecule has 4 nitrogen and oxygen atoms in total. The van der Waals surface area contributed by atoms with Gasteiger partial charge in [0, 0.05) is 31.7 Å². The van der Waals surface area contributed by atoms with Crippen LogP contribution in [-0.4, -0.2) is 31.2 Å². The molecule has 94 valence electrons. The lowest BCUT2D eigenvalue weighted by molar-refractivity contribution is -0.123. The molecule has 0 aliphatic carbocycles. The fourth-order valence-electron chi connectivity index (χ4n) is 1.63. The molecule has 1 amide bonds. The van der Waals surface area contributed by atoms with E-state index < -0.39 is 0 Å². The lowest BCUT2D eigenvalue weighted by atomic mass is 9.85. The van der Waals surface area contributed by atoms with Crippen LogP contribution in [0.3, 0.4) is 0 Å².